The highest BCUT2D eigenvalue weighted by atomic mass is 19.1. The Morgan fingerprint density at radius 1 is 1.06 bits per heavy atom. The van der Waals surface area contributed by atoms with E-state index in [2.05, 4.69) is 27.4 Å². The molecule has 2 aromatic heterocycles. The van der Waals surface area contributed by atoms with E-state index in [1.807, 2.05) is 48.0 Å². The van der Waals surface area contributed by atoms with Crippen molar-refractivity contribution in [3.05, 3.63) is 84.2 Å². The van der Waals surface area contributed by atoms with E-state index in [9.17, 15) is 4.39 Å². The number of anilines is 1. The van der Waals surface area contributed by atoms with Crippen molar-refractivity contribution in [2.24, 2.45) is 0 Å². The highest BCUT2D eigenvalue weighted by Crippen LogP contribution is 2.29. The smallest absolute Gasteiger partial charge is 0.149 e. The van der Waals surface area contributed by atoms with Crippen LogP contribution in [0.1, 0.15) is 30.6 Å². The fourth-order valence-electron chi connectivity index (χ4n) is 3.46. The molecular weight excluding hydrogens is 393 g/mol. The number of halogens is 1. The lowest BCUT2D eigenvalue weighted by molar-refractivity contribution is 0.413. The fourth-order valence-corrected chi connectivity index (χ4v) is 3.46. The number of nitrogens with zero attached hydrogens (tertiary/aromatic N) is 4. The zero-order valence-corrected chi connectivity index (χ0v) is 17.7. The minimum atomic E-state index is -0.243. The van der Waals surface area contributed by atoms with Gasteiger partial charge in [-0.05, 0) is 55.3 Å². The van der Waals surface area contributed by atoms with Crippen molar-refractivity contribution in [1.82, 2.24) is 19.7 Å². The lowest BCUT2D eigenvalue weighted by atomic mass is 10.0. The molecule has 0 saturated heterocycles. The predicted octanol–water partition coefficient (Wildman–Crippen LogP) is 5.35. The van der Waals surface area contributed by atoms with Crippen LogP contribution in [-0.4, -0.2) is 26.9 Å². The molecule has 1 atom stereocenters. The van der Waals surface area contributed by atoms with Crippen LogP contribution in [0, 0.1) is 12.7 Å². The van der Waals surface area contributed by atoms with Crippen LogP contribution in [0.15, 0.2) is 67.1 Å². The molecule has 0 bridgehead atoms. The molecule has 0 amide bonds. The Kier molecular flexibility index (Phi) is 5.93. The lowest BCUT2D eigenvalue weighted by Gasteiger charge is -2.18. The Bertz CT molecular complexity index is 1160. The molecule has 158 valence electrons. The van der Waals surface area contributed by atoms with Crippen molar-refractivity contribution in [1.29, 1.82) is 0 Å². The van der Waals surface area contributed by atoms with Gasteiger partial charge in [0.1, 0.15) is 17.4 Å². The summed E-state index contributed by atoms with van der Waals surface area (Å²) in [5.74, 6) is 1.14. The number of imidazole rings is 1. The highest BCUT2D eigenvalue weighted by Gasteiger charge is 2.12. The standard InChI is InChI=1S/C24H24FN5O/c1-4-20(17-5-8-19(25)9-6-17)27-24-12-10-21(28-29-24)18-7-11-22(23(13-18)31-3)30-14-16(2)26-15-30/h5-15,20H,4H2,1-3H3,(H,27,29)/t20-/m0/s1. The third-order valence-electron chi connectivity index (χ3n) is 5.13. The average Bonchev–Trinajstić information content (AvgIpc) is 3.24. The molecule has 0 fully saturated rings. The van der Waals surface area contributed by atoms with E-state index in [0.29, 0.717) is 5.82 Å². The summed E-state index contributed by atoms with van der Waals surface area (Å²) in [6.07, 6.45) is 4.54. The molecule has 0 saturated carbocycles. The van der Waals surface area contributed by atoms with Crippen LogP contribution in [0.25, 0.3) is 16.9 Å². The number of rotatable bonds is 7. The molecule has 4 rings (SSSR count). The summed E-state index contributed by atoms with van der Waals surface area (Å²) in [7, 11) is 1.64. The number of benzene rings is 2. The molecule has 6 nitrogen and oxygen atoms in total. The van der Waals surface area contributed by atoms with Crippen LogP contribution in [0.4, 0.5) is 10.2 Å². The normalized spacial score (nSPS) is 11.9. The third kappa shape index (κ3) is 4.55. The van der Waals surface area contributed by atoms with Crippen LogP contribution in [0.3, 0.4) is 0 Å². The van der Waals surface area contributed by atoms with Gasteiger partial charge in [0.25, 0.3) is 0 Å². The topological polar surface area (TPSA) is 64.9 Å². The molecule has 4 aromatic rings. The molecule has 7 heteroatoms. The van der Waals surface area contributed by atoms with Crippen LogP contribution >= 0.6 is 0 Å². The number of hydrogen-bond acceptors (Lipinski definition) is 5. The minimum Gasteiger partial charge on any atom is -0.495 e. The Balaban J connectivity index is 1.54. The Morgan fingerprint density at radius 3 is 2.48 bits per heavy atom. The average molecular weight is 417 g/mol. The van der Waals surface area contributed by atoms with E-state index in [1.54, 1.807) is 25.6 Å². The van der Waals surface area contributed by atoms with Gasteiger partial charge in [-0.25, -0.2) is 9.37 Å². The molecule has 0 aliphatic carbocycles. The van der Waals surface area contributed by atoms with Crippen molar-refractivity contribution in [2.75, 3.05) is 12.4 Å². The number of methoxy groups -OCH3 is 1. The van der Waals surface area contributed by atoms with Gasteiger partial charge in [0.05, 0.1) is 36.6 Å². The van der Waals surface area contributed by atoms with Gasteiger partial charge in [-0.15, -0.1) is 10.2 Å². The van der Waals surface area contributed by atoms with E-state index in [0.717, 1.165) is 40.4 Å². The van der Waals surface area contributed by atoms with Gasteiger partial charge >= 0.3 is 0 Å². The zero-order valence-electron chi connectivity index (χ0n) is 17.7. The van der Waals surface area contributed by atoms with Crippen molar-refractivity contribution < 1.29 is 9.13 Å². The van der Waals surface area contributed by atoms with Crippen molar-refractivity contribution in [3.8, 4) is 22.7 Å². The van der Waals surface area contributed by atoms with Crippen LogP contribution in [0.2, 0.25) is 0 Å². The monoisotopic (exact) mass is 417 g/mol. The molecule has 2 heterocycles. The Labute approximate surface area is 180 Å². The van der Waals surface area contributed by atoms with Gasteiger partial charge in [-0.1, -0.05) is 25.1 Å². The first-order valence-electron chi connectivity index (χ1n) is 10.1. The van der Waals surface area contributed by atoms with Gasteiger partial charge in [0, 0.05) is 11.8 Å². The summed E-state index contributed by atoms with van der Waals surface area (Å²) in [6.45, 7) is 4.01. The second kappa shape index (κ2) is 8.95. The second-order valence-electron chi connectivity index (χ2n) is 7.27. The van der Waals surface area contributed by atoms with Crippen molar-refractivity contribution >= 4 is 5.82 Å². The molecule has 1 N–H and O–H groups in total. The van der Waals surface area contributed by atoms with Gasteiger partial charge in [-0.2, -0.15) is 0 Å². The maximum atomic E-state index is 13.2. The first-order chi connectivity index (χ1) is 15.1. The third-order valence-corrected chi connectivity index (χ3v) is 5.13. The molecule has 0 spiro atoms. The van der Waals surface area contributed by atoms with Crippen LogP contribution < -0.4 is 10.1 Å². The summed E-state index contributed by atoms with van der Waals surface area (Å²) in [6, 6.07) is 16.3. The first-order valence-corrected chi connectivity index (χ1v) is 10.1. The largest absolute Gasteiger partial charge is 0.495 e. The number of aryl methyl sites for hydroxylation is 1. The summed E-state index contributed by atoms with van der Waals surface area (Å²) in [5.41, 5.74) is 4.49. The molecule has 0 unspecified atom stereocenters. The van der Waals surface area contributed by atoms with E-state index in [4.69, 9.17) is 4.74 Å². The Morgan fingerprint density at radius 2 is 1.87 bits per heavy atom. The summed E-state index contributed by atoms with van der Waals surface area (Å²) >= 11 is 0. The first kappa shape index (κ1) is 20.5. The SMILES string of the molecule is CC[C@H](Nc1ccc(-c2ccc(-n3cnc(C)c3)c(OC)c2)nn1)c1ccc(F)cc1. The lowest BCUT2D eigenvalue weighted by Crippen LogP contribution is -2.11. The zero-order chi connectivity index (χ0) is 21.8. The maximum Gasteiger partial charge on any atom is 0.149 e. The van der Waals surface area contributed by atoms with Crippen LogP contribution in [-0.2, 0) is 0 Å². The molecule has 31 heavy (non-hydrogen) atoms. The van der Waals surface area contributed by atoms with E-state index in [-0.39, 0.29) is 11.9 Å². The predicted molar refractivity (Wildman–Crippen MR) is 119 cm³/mol. The molecule has 2 aromatic carbocycles. The summed E-state index contributed by atoms with van der Waals surface area (Å²) < 4.78 is 20.7. The van der Waals surface area contributed by atoms with Gasteiger partial charge in [0.15, 0.2) is 0 Å². The summed E-state index contributed by atoms with van der Waals surface area (Å²) in [5, 5.41) is 12.1. The van der Waals surface area contributed by atoms with E-state index in [1.165, 1.54) is 12.1 Å². The quantitative estimate of drug-likeness (QED) is 0.439. The molecule has 0 aliphatic heterocycles. The van der Waals surface area contributed by atoms with E-state index >= 15 is 0 Å². The second-order valence-corrected chi connectivity index (χ2v) is 7.27. The molecular formula is C24H24FN5O. The van der Waals surface area contributed by atoms with Crippen molar-refractivity contribution in [3.63, 3.8) is 0 Å². The molecule has 0 aliphatic rings. The number of ether oxygens (including phenoxy) is 1. The van der Waals surface area contributed by atoms with Gasteiger partial charge in [-0.3, -0.25) is 0 Å². The van der Waals surface area contributed by atoms with Gasteiger partial charge in [0.2, 0.25) is 0 Å². The van der Waals surface area contributed by atoms with Gasteiger partial charge < -0.3 is 14.6 Å². The molecule has 0 radical (unpaired) electrons. The Hall–Kier alpha value is -3.74. The maximum absolute atomic E-state index is 13.2. The summed E-state index contributed by atoms with van der Waals surface area (Å²) in [4.78, 5) is 4.27. The highest BCUT2D eigenvalue weighted by molar-refractivity contribution is 5.65. The minimum absolute atomic E-state index is 0.0266. The van der Waals surface area contributed by atoms with Crippen molar-refractivity contribution in [2.45, 2.75) is 26.3 Å². The van der Waals surface area contributed by atoms with E-state index < -0.39 is 0 Å². The van der Waals surface area contributed by atoms with Crippen LogP contribution in [0.5, 0.6) is 5.75 Å². The number of aromatic nitrogens is 4. The number of hydrogen-bond donors (Lipinski definition) is 1. The fraction of sp³-hybridized carbons (Fsp3) is 0.208. The number of nitrogens with one attached hydrogen (secondary N) is 1.